The van der Waals surface area contributed by atoms with Crippen molar-refractivity contribution in [3.05, 3.63) is 23.9 Å². The number of ether oxygens (including phenoxy) is 1. The fourth-order valence-electron chi connectivity index (χ4n) is 3.98. The minimum atomic E-state index is -0.353. The van der Waals surface area contributed by atoms with E-state index in [1.165, 1.54) is 17.5 Å². The van der Waals surface area contributed by atoms with Crippen molar-refractivity contribution in [2.24, 2.45) is 0 Å². The van der Waals surface area contributed by atoms with Crippen molar-refractivity contribution in [3.8, 4) is 0 Å². The molecule has 4 rings (SSSR count). The van der Waals surface area contributed by atoms with E-state index in [9.17, 15) is 0 Å². The highest BCUT2D eigenvalue weighted by molar-refractivity contribution is 6.62. The summed E-state index contributed by atoms with van der Waals surface area (Å²) in [5.74, 6) is 0.356. The van der Waals surface area contributed by atoms with Gasteiger partial charge in [0.05, 0.1) is 22.4 Å². The first-order chi connectivity index (χ1) is 12.7. The summed E-state index contributed by atoms with van der Waals surface area (Å²) >= 11 is 0. The van der Waals surface area contributed by atoms with E-state index in [0.29, 0.717) is 5.92 Å². The minimum Gasteiger partial charge on any atom is -0.399 e. The third-order valence-corrected chi connectivity index (χ3v) is 6.26. The summed E-state index contributed by atoms with van der Waals surface area (Å²) in [7, 11) is -0.353. The molecule has 2 saturated heterocycles. The van der Waals surface area contributed by atoms with Crippen molar-refractivity contribution in [1.29, 1.82) is 0 Å². The van der Waals surface area contributed by atoms with Crippen LogP contribution in [0.25, 0.3) is 10.9 Å². The van der Waals surface area contributed by atoms with Gasteiger partial charge >= 0.3 is 7.12 Å². The van der Waals surface area contributed by atoms with Crippen LogP contribution in [0.4, 0.5) is 0 Å². The van der Waals surface area contributed by atoms with Gasteiger partial charge in [0.15, 0.2) is 6.23 Å². The third kappa shape index (κ3) is 3.22. The molecular weight excluding hydrogens is 339 g/mol. The molecule has 0 radical (unpaired) electrons. The largest absolute Gasteiger partial charge is 0.494 e. The first-order valence-electron chi connectivity index (χ1n) is 10.2. The summed E-state index contributed by atoms with van der Waals surface area (Å²) in [6, 6.07) is 6.35. The Morgan fingerprint density at radius 3 is 2.41 bits per heavy atom. The van der Waals surface area contributed by atoms with Gasteiger partial charge in [0.25, 0.3) is 0 Å². The monoisotopic (exact) mass is 370 g/mol. The Labute approximate surface area is 162 Å². The topological polar surface area (TPSA) is 45.5 Å². The van der Waals surface area contributed by atoms with E-state index in [0.717, 1.165) is 30.4 Å². The molecule has 1 aromatic heterocycles. The fourth-order valence-corrected chi connectivity index (χ4v) is 3.98. The van der Waals surface area contributed by atoms with E-state index in [-0.39, 0.29) is 24.5 Å². The molecule has 1 aromatic carbocycles. The average Bonchev–Trinajstić information content (AvgIpc) is 3.09. The summed E-state index contributed by atoms with van der Waals surface area (Å²) in [5, 5.41) is 6.07. The Kier molecular flexibility index (Phi) is 4.64. The number of hydrogen-bond acceptors (Lipinski definition) is 4. The van der Waals surface area contributed by atoms with Crippen LogP contribution < -0.4 is 5.46 Å². The van der Waals surface area contributed by atoms with Crippen LogP contribution in [0.5, 0.6) is 0 Å². The highest BCUT2D eigenvalue weighted by atomic mass is 16.7. The number of aromatic nitrogens is 2. The first kappa shape index (κ1) is 19.0. The Morgan fingerprint density at radius 2 is 1.81 bits per heavy atom. The molecule has 3 heterocycles. The average molecular weight is 370 g/mol. The standard InChI is InChI=1S/C21H31BN2O3/c1-14(2)19-16-13-15(22-26-20(3,4)21(5,6)27-22)10-11-17(16)23-24(19)18-9-7-8-12-25-18/h10-11,13-14,18H,7-9,12H2,1-6H3. The molecule has 146 valence electrons. The number of nitrogens with zero attached hydrogens (tertiary/aromatic N) is 2. The molecule has 0 spiro atoms. The summed E-state index contributed by atoms with van der Waals surface area (Å²) in [4.78, 5) is 0. The lowest BCUT2D eigenvalue weighted by Crippen LogP contribution is -2.41. The van der Waals surface area contributed by atoms with Gasteiger partial charge in [-0.2, -0.15) is 5.10 Å². The van der Waals surface area contributed by atoms with Crippen molar-refractivity contribution in [1.82, 2.24) is 9.78 Å². The lowest BCUT2D eigenvalue weighted by Gasteiger charge is -2.32. The minimum absolute atomic E-state index is 0.0452. The number of fused-ring (bicyclic) bond motifs is 1. The normalized spacial score (nSPS) is 24.9. The van der Waals surface area contributed by atoms with Crippen LogP contribution in [0.3, 0.4) is 0 Å². The second kappa shape index (κ2) is 6.61. The van der Waals surface area contributed by atoms with Crippen LogP contribution in [0, 0.1) is 0 Å². The van der Waals surface area contributed by atoms with Crippen LogP contribution in [-0.4, -0.2) is 34.7 Å². The Morgan fingerprint density at radius 1 is 1.11 bits per heavy atom. The Bertz CT molecular complexity index is 821. The van der Waals surface area contributed by atoms with Gasteiger partial charge in [-0.3, -0.25) is 0 Å². The highest BCUT2D eigenvalue weighted by Crippen LogP contribution is 2.37. The lowest BCUT2D eigenvalue weighted by atomic mass is 9.78. The first-order valence-corrected chi connectivity index (χ1v) is 10.2. The van der Waals surface area contributed by atoms with E-state index in [4.69, 9.17) is 19.1 Å². The molecule has 1 atom stereocenters. The molecule has 5 nitrogen and oxygen atoms in total. The Hall–Kier alpha value is -1.37. The molecule has 2 aliphatic heterocycles. The van der Waals surface area contributed by atoms with Gasteiger partial charge in [0, 0.05) is 12.0 Å². The molecule has 0 N–H and O–H groups in total. The van der Waals surface area contributed by atoms with Gasteiger partial charge in [-0.1, -0.05) is 26.0 Å². The predicted molar refractivity (Wildman–Crippen MR) is 108 cm³/mol. The lowest BCUT2D eigenvalue weighted by molar-refractivity contribution is -0.0410. The van der Waals surface area contributed by atoms with Crippen LogP contribution in [-0.2, 0) is 14.0 Å². The fraction of sp³-hybridized carbons (Fsp3) is 0.667. The van der Waals surface area contributed by atoms with Crippen molar-refractivity contribution in [2.45, 2.75) is 84.2 Å². The zero-order valence-electron chi connectivity index (χ0n) is 17.4. The summed E-state index contributed by atoms with van der Waals surface area (Å²) in [6.07, 6.45) is 3.40. The van der Waals surface area contributed by atoms with Crippen molar-refractivity contribution >= 4 is 23.5 Å². The summed E-state index contributed by atoms with van der Waals surface area (Å²) < 4.78 is 20.6. The molecule has 6 heteroatoms. The predicted octanol–water partition coefficient (Wildman–Crippen LogP) is 4.16. The van der Waals surface area contributed by atoms with Gasteiger partial charge < -0.3 is 14.0 Å². The van der Waals surface area contributed by atoms with Crippen LogP contribution in [0.2, 0.25) is 0 Å². The van der Waals surface area contributed by atoms with Gasteiger partial charge in [-0.25, -0.2) is 4.68 Å². The van der Waals surface area contributed by atoms with Crippen molar-refractivity contribution < 1.29 is 14.0 Å². The molecule has 2 aliphatic rings. The third-order valence-electron chi connectivity index (χ3n) is 6.26. The second-order valence-electron chi connectivity index (χ2n) is 9.17. The quantitative estimate of drug-likeness (QED) is 0.762. The molecule has 0 saturated carbocycles. The van der Waals surface area contributed by atoms with Gasteiger partial charge in [-0.15, -0.1) is 0 Å². The zero-order chi connectivity index (χ0) is 19.4. The maximum atomic E-state index is 6.25. The molecule has 0 amide bonds. The summed E-state index contributed by atoms with van der Waals surface area (Å²) in [5.41, 5.74) is 2.61. The van der Waals surface area contributed by atoms with Crippen LogP contribution in [0.15, 0.2) is 18.2 Å². The van der Waals surface area contributed by atoms with Crippen LogP contribution in [0.1, 0.15) is 78.6 Å². The summed E-state index contributed by atoms with van der Waals surface area (Å²) in [6.45, 7) is 13.6. The molecule has 1 unspecified atom stereocenters. The van der Waals surface area contributed by atoms with Gasteiger partial charge in [0.1, 0.15) is 0 Å². The zero-order valence-corrected chi connectivity index (χ0v) is 17.4. The second-order valence-corrected chi connectivity index (χ2v) is 9.17. The number of benzene rings is 1. The molecule has 27 heavy (non-hydrogen) atoms. The number of hydrogen-bond donors (Lipinski definition) is 0. The Balaban J connectivity index is 1.75. The van der Waals surface area contributed by atoms with E-state index in [1.807, 2.05) is 0 Å². The van der Waals surface area contributed by atoms with E-state index >= 15 is 0 Å². The highest BCUT2D eigenvalue weighted by Gasteiger charge is 2.51. The molecular formula is C21H31BN2O3. The van der Waals surface area contributed by atoms with E-state index in [2.05, 4.69) is 64.4 Å². The van der Waals surface area contributed by atoms with E-state index in [1.54, 1.807) is 0 Å². The molecule has 0 aliphatic carbocycles. The SMILES string of the molecule is CC(C)c1c2cc(B3OC(C)(C)C(C)(C)O3)ccc2nn1C1CCCCO1. The van der Waals surface area contributed by atoms with Crippen LogP contribution >= 0.6 is 0 Å². The molecule has 2 fully saturated rings. The van der Waals surface area contributed by atoms with Gasteiger partial charge in [-0.05, 0) is 64.4 Å². The van der Waals surface area contributed by atoms with Crippen molar-refractivity contribution in [2.75, 3.05) is 6.61 Å². The van der Waals surface area contributed by atoms with E-state index < -0.39 is 0 Å². The molecule has 2 aromatic rings. The van der Waals surface area contributed by atoms with Gasteiger partial charge in [0.2, 0.25) is 0 Å². The number of rotatable bonds is 3. The maximum Gasteiger partial charge on any atom is 0.494 e. The maximum absolute atomic E-state index is 6.25. The molecule has 0 bridgehead atoms. The smallest absolute Gasteiger partial charge is 0.399 e. The van der Waals surface area contributed by atoms with Crippen molar-refractivity contribution in [3.63, 3.8) is 0 Å².